The summed E-state index contributed by atoms with van der Waals surface area (Å²) in [6.07, 6.45) is 1.88. The van der Waals surface area contributed by atoms with E-state index in [4.69, 9.17) is 0 Å². The van der Waals surface area contributed by atoms with Gasteiger partial charge in [0.1, 0.15) is 4.75 Å². The summed E-state index contributed by atoms with van der Waals surface area (Å²) in [5.41, 5.74) is 4.35. The molecule has 6 rings (SSSR count). The summed E-state index contributed by atoms with van der Waals surface area (Å²) in [6.45, 7) is 10.8. The Bertz CT molecular complexity index is 2070. The summed E-state index contributed by atoms with van der Waals surface area (Å²) in [6, 6.07) is 24.6. The first-order valence-electron chi connectivity index (χ1n) is 15.8. The van der Waals surface area contributed by atoms with Crippen molar-refractivity contribution in [3.05, 3.63) is 93.4 Å². The van der Waals surface area contributed by atoms with E-state index in [0.29, 0.717) is 19.8 Å². The number of aliphatic carboxylic acids is 2. The monoisotopic (exact) mass is 844 g/mol. The topological polar surface area (TPSA) is 139 Å². The van der Waals surface area contributed by atoms with Crippen LogP contribution in [-0.4, -0.2) is 56.1 Å². The van der Waals surface area contributed by atoms with Crippen molar-refractivity contribution in [2.75, 3.05) is 0 Å². The molecule has 10 nitrogen and oxygen atoms in total. The van der Waals surface area contributed by atoms with Crippen molar-refractivity contribution in [3.8, 4) is 11.4 Å². The van der Waals surface area contributed by atoms with E-state index in [1.807, 2.05) is 45.5 Å². The van der Waals surface area contributed by atoms with Crippen LogP contribution in [0.25, 0.3) is 32.9 Å². The fourth-order valence-electron chi connectivity index (χ4n) is 5.28. The maximum atomic E-state index is 11.5. The van der Waals surface area contributed by atoms with Crippen LogP contribution in [0.15, 0.2) is 92.6 Å². The average molecular weight is 847 g/mol. The van der Waals surface area contributed by atoms with E-state index >= 15 is 0 Å². The molecular weight excluding hydrogens is 811 g/mol. The van der Waals surface area contributed by atoms with Crippen LogP contribution in [0.5, 0.6) is 0 Å². The Labute approximate surface area is 333 Å². The smallest absolute Gasteiger partial charge is 0.549 e. The number of carbonyl (C=O) groups excluding carboxylic acids is 1. The third-order valence-electron chi connectivity index (χ3n) is 8.11. The number of carbonyl (C=O) groups is 2. The zero-order valence-electron chi connectivity index (χ0n) is 29.3. The predicted octanol–water partition coefficient (Wildman–Crippen LogP) is 5.07. The van der Waals surface area contributed by atoms with Gasteiger partial charge in [-0.15, -0.1) is 20.4 Å². The molecule has 0 saturated carbocycles. The molecule has 0 aliphatic carbocycles. The zero-order valence-corrected chi connectivity index (χ0v) is 34.1. The molecule has 0 radical (unpaired) electrons. The predicted molar refractivity (Wildman–Crippen MR) is 204 cm³/mol. The number of rotatable bonds is 10. The van der Waals surface area contributed by atoms with Crippen molar-refractivity contribution in [3.63, 3.8) is 0 Å². The molecule has 0 amide bonds. The summed E-state index contributed by atoms with van der Waals surface area (Å²) in [4.78, 5) is 22.9. The number of aromatic nitrogens is 6. The minimum atomic E-state index is -1.14. The molecule has 6 aromatic rings. The van der Waals surface area contributed by atoms with Gasteiger partial charge in [-0.3, -0.25) is 13.9 Å². The number of aryl methyl sites for hydroxylation is 2. The number of fused-ring (bicyclic) bond motifs is 2. The quantitative estimate of drug-likeness (QED) is 0.147. The Morgan fingerprint density at radius 3 is 1.39 bits per heavy atom. The van der Waals surface area contributed by atoms with Gasteiger partial charge < -0.3 is 15.0 Å². The molecule has 0 spiro atoms. The maximum absolute atomic E-state index is 11.5. The van der Waals surface area contributed by atoms with E-state index in [2.05, 4.69) is 103 Å². The van der Waals surface area contributed by atoms with Gasteiger partial charge in [-0.05, 0) is 106 Å². The Morgan fingerprint density at radius 2 is 1.04 bits per heavy atom. The number of benzene rings is 4. The Morgan fingerprint density at radius 1 is 0.667 bits per heavy atom. The maximum Gasteiger partial charge on any atom is 1.00 e. The van der Waals surface area contributed by atoms with Crippen LogP contribution < -0.4 is 24.0 Å². The summed E-state index contributed by atoms with van der Waals surface area (Å²) >= 11 is 9.17. The zero-order chi connectivity index (χ0) is 36.4. The first kappa shape index (κ1) is 40.6. The number of carboxylic acid groups (broad SMARTS) is 2. The van der Waals surface area contributed by atoms with Gasteiger partial charge in [-0.2, -0.15) is 0 Å². The summed E-state index contributed by atoms with van der Waals surface area (Å²) in [5.74, 6) is -2.04. The second-order valence-corrected chi connectivity index (χ2v) is 16.9. The fraction of sp³-hybridized carbons (Fsp3) is 0.278. The molecule has 260 valence electrons. The van der Waals surface area contributed by atoms with Crippen LogP contribution >= 0.6 is 55.4 Å². The van der Waals surface area contributed by atoms with Crippen LogP contribution in [0.2, 0.25) is 0 Å². The van der Waals surface area contributed by atoms with Gasteiger partial charge in [0.25, 0.3) is 0 Å². The summed E-state index contributed by atoms with van der Waals surface area (Å²) < 4.78 is 2.63. The van der Waals surface area contributed by atoms with Gasteiger partial charge >= 0.3 is 24.8 Å². The largest absolute Gasteiger partial charge is 1.00 e. The van der Waals surface area contributed by atoms with Crippen LogP contribution in [0.1, 0.15) is 52.7 Å². The molecule has 15 heteroatoms. The fourth-order valence-corrected chi connectivity index (χ4v) is 8.19. The SMILES string of the molecule is CCc1ccc(-n2c(Br)nnc2SC(C)(C)C(=O)O)c2ccccc12.CCc1ccc(-n2c(Br)nnc2SC(C)(C)C(=O)[O-])c2ccccc12.[Li+]. The van der Waals surface area contributed by atoms with Gasteiger partial charge in [0.05, 0.1) is 22.1 Å². The second kappa shape index (κ2) is 16.7. The molecule has 0 atom stereocenters. The van der Waals surface area contributed by atoms with E-state index in [1.165, 1.54) is 33.7 Å². The number of hydrogen-bond acceptors (Lipinski definition) is 9. The molecule has 1 N–H and O–H groups in total. The first-order valence-corrected chi connectivity index (χ1v) is 19.0. The number of nitrogens with zero attached hydrogens (tertiary/aromatic N) is 6. The van der Waals surface area contributed by atoms with Gasteiger partial charge in [0, 0.05) is 10.8 Å². The van der Waals surface area contributed by atoms with E-state index in [0.717, 1.165) is 46.8 Å². The number of hydrogen-bond donors (Lipinski definition) is 1. The van der Waals surface area contributed by atoms with Gasteiger partial charge in [0.15, 0.2) is 10.3 Å². The van der Waals surface area contributed by atoms with Crippen molar-refractivity contribution in [2.24, 2.45) is 0 Å². The van der Waals surface area contributed by atoms with Crippen molar-refractivity contribution >= 4 is 88.9 Å². The molecule has 0 aliphatic rings. The molecule has 2 heterocycles. The molecule has 0 unspecified atom stereocenters. The van der Waals surface area contributed by atoms with E-state index in [9.17, 15) is 19.8 Å². The Balaban J connectivity index is 0.000000224. The molecule has 0 bridgehead atoms. The molecular formula is C36H35Br2LiN6O4S2. The van der Waals surface area contributed by atoms with Crippen LogP contribution in [0.3, 0.4) is 0 Å². The number of halogens is 2. The van der Waals surface area contributed by atoms with Crippen LogP contribution in [0, 0.1) is 0 Å². The van der Waals surface area contributed by atoms with Crippen LogP contribution in [0.4, 0.5) is 0 Å². The number of carboxylic acids is 2. The molecule has 2 aromatic heterocycles. The standard InChI is InChI=1S/2C18H18BrN3O2S.Li/c2*1-4-11-9-10-14(13-8-6-5-7-12(11)13)22-16(19)20-21-17(22)25-18(2,3)15(23)24;/h2*5-10H,4H2,1-3H3,(H,23,24);/q;;+1/p-1. The van der Waals surface area contributed by atoms with Crippen molar-refractivity contribution in [1.29, 1.82) is 0 Å². The van der Waals surface area contributed by atoms with Crippen LogP contribution in [-0.2, 0) is 22.4 Å². The molecule has 4 aromatic carbocycles. The first-order chi connectivity index (χ1) is 23.7. The third-order valence-corrected chi connectivity index (χ3v) is 11.4. The number of thioether (sulfide) groups is 2. The molecule has 51 heavy (non-hydrogen) atoms. The summed E-state index contributed by atoms with van der Waals surface area (Å²) in [7, 11) is 0. The minimum absolute atomic E-state index is 0. The average Bonchev–Trinajstić information content (AvgIpc) is 3.63. The normalized spacial score (nSPS) is 11.6. The van der Waals surface area contributed by atoms with Gasteiger partial charge in [-0.1, -0.05) is 98.0 Å². The molecule has 0 saturated heterocycles. The van der Waals surface area contributed by atoms with E-state index in [1.54, 1.807) is 27.7 Å². The Hall–Kier alpha value is -3.12. The van der Waals surface area contributed by atoms with Gasteiger partial charge in [0.2, 0.25) is 9.47 Å². The van der Waals surface area contributed by atoms with E-state index < -0.39 is 21.4 Å². The molecule has 0 aliphatic heterocycles. The van der Waals surface area contributed by atoms with E-state index in [-0.39, 0.29) is 18.9 Å². The second-order valence-electron chi connectivity index (χ2n) is 12.3. The Kier molecular flexibility index (Phi) is 13.3. The van der Waals surface area contributed by atoms with Crippen molar-refractivity contribution in [2.45, 2.75) is 74.2 Å². The minimum Gasteiger partial charge on any atom is -0.549 e. The van der Waals surface area contributed by atoms with Crippen molar-refractivity contribution in [1.82, 2.24) is 29.5 Å². The third kappa shape index (κ3) is 8.58. The summed E-state index contributed by atoms with van der Waals surface area (Å²) in [5, 5.41) is 42.8. The van der Waals surface area contributed by atoms with Gasteiger partial charge in [-0.25, -0.2) is 0 Å². The van der Waals surface area contributed by atoms with Crippen molar-refractivity contribution < 1.29 is 38.7 Å². The molecule has 0 fully saturated rings.